The van der Waals surface area contributed by atoms with E-state index < -0.39 is 52.8 Å². The van der Waals surface area contributed by atoms with Crippen molar-refractivity contribution in [2.75, 3.05) is 28.3 Å². The van der Waals surface area contributed by atoms with Gasteiger partial charge in [0.1, 0.15) is 12.1 Å². The molecule has 0 aliphatic carbocycles. The van der Waals surface area contributed by atoms with E-state index in [0.717, 1.165) is 4.88 Å². The predicted octanol–water partition coefficient (Wildman–Crippen LogP) is 3.18. The molecular formula is C32H52N4O7S. The molecular weight excluding hydrogens is 584 g/mol. The zero-order valence-corrected chi connectivity index (χ0v) is 29.1. The lowest BCUT2D eigenvalue weighted by atomic mass is 9.80. The summed E-state index contributed by atoms with van der Waals surface area (Å²) in [5.74, 6) is -2.43. The molecule has 0 aromatic carbocycles. The summed E-state index contributed by atoms with van der Waals surface area (Å²) < 4.78 is 9.42. The molecule has 4 atom stereocenters. The van der Waals surface area contributed by atoms with Crippen LogP contribution in [0.3, 0.4) is 0 Å². The number of rotatable bonds is 15. The summed E-state index contributed by atoms with van der Waals surface area (Å²) in [4.78, 5) is 67.3. The Labute approximate surface area is 266 Å². The Morgan fingerprint density at radius 3 is 2.07 bits per heavy atom. The van der Waals surface area contributed by atoms with Gasteiger partial charge in [0, 0.05) is 29.3 Å². The van der Waals surface area contributed by atoms with Gasteiger partial charge in [-0.1, -0.05) is 60.6 Å². The number of nitrogens with one attached hydrogen (secondary N) is 3. The van der Waals surface area contributed by atoms with Gasteiger partial charge in [0.25, 0.3) is 0 Å². The van der Waals surface area contributed by atoms with Gasteiger partial charge in [-0.25, -0.2) is 4.79 Å². The normalized spacial score (nSPS) is 15.1. The van der Waals surface area contributed by atoms with Gasteiger partial charge in [-0.3, -0.25) is 19.2 Å². The highest BCUT2D eigenvalue weighted by atomic mass is 32.1. The van der Waals surface area contributed by atoms with E-state index in [1.54, 1.807) is 43.3 Å². The number of amides is 3. The summed E-state index contributed by atoms with van der Waals surface area (Å²) in [7, 11) is 5.82. The fraction of sp³-hybridized carbons (Fsp3) is 0.656. The van der Waals surface area contributed by atoms with Gasteiger partial charge < -0.3 is 30.3 Å². The molecule has 0 spiro atoms. The van der Waals surface area contributed by atoms with E-state index in [-0.39, 0.29) is 36.1 Å². The maximum Gasteiger partial charge on any atom is 0.328 e. The first kappa shape index (κ1) is 38.8. The monoisotopic (exact) mass is 636 g/mol. The number of ether oxygens (including phenoxy) is 2. The third kappa shape index (κ3) is 10.4. The zero-order chi connectivity index (χ0) is 34.0. The Balaban J connectivity index is 3.25. The molecule has 11 nitrogen and oxygen atoms in total. The van der Waals surface area contributed by atoms with Crippen molar-refractivity contribution in [3.05, 3.63) is 34.0 Å². The van der Waals surface area contributed by atoms with E-state index in [1.165, 1.54) is 14.2 Å². The molecule has 44 heavy (non-hydrogen) atoms. The highest BCUT2D eigenvalue weighted by Crippen LogP contribution is 2.32. The van der Waals surface area contributed by atoms with Crippen LogP contribution in [0.15, 0.2) is 29.2 Å². The minimum atomic E-state index is -1.05. The van der Waals surface area contributed by atoms with Crippen LogP contribution in [0.4, 0.5) is 0 Å². The standard InChI is InChI=1S/C32H52N4O7S/c1-19(2)22(18-20(3)27(38)34-21(30(41)43-12)15-16-24(37)42-11)36(10)29(40)26(31(4,5)6)35-28(39)25(33-9)32(7,8)23-14-13-17-44-23/h13-14,17-19,21-22,25-26,33H,15-16H2,1-12H3,(H,34,38)(H,35,39)/b20-18+/t21-,22-,25-,26-/m1/s1. The number of hydrogen-bond donors (Lipinski definition) is 3. The van der Waals surface area contributed by atoms with Crippen LogP contribution in [0.1, 0.15) is 73.1 Å². The van der Waals surface area contributed by atoms with Crippen LogP contribution in [0.2, 0.25) is 0 Å². The average molecular weight is 637 g/mol. The van der Waals surface area contributed by atoms with Gasteiger partial charge in [0.05, 0.1) is 26.3 Å². The first-order chi connectivity index (χ1) is 20.3. The Bertz CT molecular complexity index is 1170. The van der Waals surface area contributed by atoms with Crippen LogP contribution in [0.25, 0.3) is 0 Å². The summed E-state index contributed by atoms with van der Waals surface area (Å²) in [6.45, 7) is 15.1. The summed E-state index contributed by atoms with van der Waals surface area (Å²) in [6, 6.07) is 0.920. The van der Waals surface area contributed by atoms with Crippen molar-refractivity contribution in [2.24, 2.45) is 11.3 Å². The van der Waals surface area contributed by atoms with Gasteiger partial charge in [0.2, 0.25) is 17.7 Å². The molecule has 0 unspecified atom stereocenters. The van der Waals surface area contributed by atoms with Crippen molar-refractivity contribution < 1.29 is 33.4 Å². The Kier molecular flexibility index (Phi) is 14.7. The van der Waals surface area contributed by atoms with Crippen molar-refractivity contribution in [3.8, 4) is 0 Å². The number of hydrogen-bond acceptors (Lipinski definition) is 9. The maximum absolute atomic E-state index is 14.1. The molecule has 1 rings (SSSR count). The second-order valence-corrected chi connectivity index (χ2v) is 13.9. The van der Waals surface area contributed by atoms with Crippen LogP contribution in [-0.2, 0) is 38.9 Å². The average Bonchev–Trinajstić information content (AvgIpc) is 3.51. The molecule has 0 saturated heterocycles. The zero-order valence-electron chi connectivity index (χ0n) is 28.3. The largest absolute Gasteiger partial charge is 0.469 e. The SMILES string of the molecule is CN[C@H](C(=O)N[C@H](C(=O)N(C)[C@H](/C=C(\C)C(=O)N[C@H](CCC(=O)OC)C(=O)OC)C(C)C)C(C)(C)C)C(C)(C)c1cccs1. The van der Waals surface area contributed by atoms with Gasteiger partial charge in [0.15, 0.2) is 0 Å². The molecule has 12 heteroatoms. The lowest BCUT2D eigenvalue weighted by molar-refractivity contribution is -0.146. The van der Waals surface area contributed by atoms with Crippen LogP contribution >= 0.6 is 11.3 Å². The van der Waals surface area contributed by atoms with Gasteiger partial charge in [-0.2, -0.15) is 0 Å². The molecule has 0 saturated carbocycles. The molecule has 248 valence electrons. The van der Waals surface area contributed by atoms with Crippen LogP contribution < -0.4 is 16.0 Å². The fourth-order valence-electron chi connectivity index (χ4n) is 4.94. The number of methoxy groups -OCH3 is 2. The second-order valence-electron chi connectivity index (χ2n) is 12.9. The van der Waals surface area contributed by atoms with Crippen molar-refractivity contribution in [1.82, 2.24) is 20.9 Å². The lowest BCUT2D eigenvalue weighted by Crippen LogP contribution is -2.61. The van der Waals surface area contributed by atoms with E-state index in [4.69, 9.17) is 4.74 Å². The number of likely N-dealkylation sites (N-methyl/N-ethyl adjacent to an activating group) is 2. The van der Waals surface area contributed by atoms with Crippen molar-refractivity contribution in [1.29, 1.82) is 0 Å². The number of carbonyl (C=O) groups is 5. The molecule has 1 heterocycles. The number of thiophene rings is 1. The molecule has 1 aromatic heterocycles. The van der Waals surface area contributed by atoms with Crippen molar-refractivity contribution in [2.45, 2.75) is 97.8 Å². The first-order valence-corrected chi connectivity index (χ1v) is 15.6. The number of esters is 2. The van der Waals surface area contributed by atoms with E-state index in [2.05, 4.69) is 20.7 Å². The van der Waals surface area contributed by atoms with Crippen LogP contribution in [0, 0.1) is 11.3 Å². The molecule has 3 N–H and O–H groups in total. The predicted molar refractivity (Wildman–Crippen MR) is 172 cm³/mol. The quantitative estimate of drug-likeness (QED) is 0.197. The molecule has 0 radical (unpaired) electrons. The Hall–Kier alpha value is -3.25. The topological polar surface area (TPSA) is 143 Å². The smallest absolute Gasteiger partial charge is 0.328 e. The van der Waals surface area contributed by atoms with Gasteiger partial charge in [-0.15, -0.1) is 11.3 Å². The third-order valence-electron chi connectivity index (χ3n) is 7.74. The highest BCUT2D eigenvalue weighted by molar-refractivity contribution is 7.10. The van der Waals surface area contributed by atoms with E-state index in [1.807, 2.05) is 66.0 Å². The second kappa shape index (κ2) is 16.7. The summed E-state index contributed by atoms with van der Waals surface area (Å²) >= 11 is 1.57. The van der Waals surface area contributed by atoms with Crippen LogP contribution in [0.5, 0.6) is 0 Å². The van der Waals surface area contributed by atoms with E-state index in [9.17, 15) is 24.0 Å². The molecule has 0 bridgehead atoms. The van der Waals surface area contributed by atoms with Gasteiger partial charge >= 0.3 is 11.9 Å². The summed E-state index contributed by atoms with van der Waals surface area (Å²) in [6.07, 6.45) is 1.60. The molecule has 3 amide bonds. The minimum absolute atomic E-state index is 0.00816. The van der Waals surface area contributed by atoms with E-state index in [0.29, 0.717) is 0 Å². The van der Waals surface area contributed by atoms with Crippen molar-refractivity contribution in [3.63, 3.8) is 0 Å². The van der Waals surface area contributed by atoms with Gasteiger partial charge in [-0.05, 0) is 43.2 Å². The fourth-order valence-corrected chi connectivity index (χ4v) is 5.83. The first-order valence-electron chi connectivity index (χ1n) is 14.8. The van der Waals surface area contributed by atoms with Crippen molar-refractivity contribution >= 4 is 41.0 Å². The minimum Gasteiger partial charge on any atom is -0.469 e. The lowest BCUT2D eigenvalue weighted by Gasteiger charge is -2.39. The summed E-state index contributed by atoms with van der Waals surface area (Å²) in [5, 5.41) is 10.8. The highest BCUT2D eigenvalue weighted by Gasteiger charge is 2.42. The number of carbonyl (C=O) groups excluding carboxylic acids is 5. The summed E-state index contributed by atoms with van der Waals surface area (Å²) in [5.41, 5.74) is -0.881. The Morgan fingerprint density at radius 2 is 1.61 bits per heavy atom. The molecule has 0 aliphatic heterocycles. The molecule has 1 aromatic rings. The molecule has 0 aliphatic rings. The van der Waals surface area contributed by atoms with E-state index >= 15 is 0 Å². The Morgan fingerprint density at radius 1 is 1.00 bits per heavy atom. The van der Waals surface area contributed by atoms with Crippen LogP contribution in [-0.4, -0.2) is 87.0 Å². The number of nitrogens with zero attached hydrogens (tertiary/aromatic N) is 1. The maximum atomic E-state index is 14.1. The third-order valence-corrected chi connectivity index (χ3v) is 8.95. The molecule has 0 fully saturated rings.